The summed E-state index contributed by atoms with van der Waals surface area (Å²) >= 11 is 1.48. The number of nitrogens with zero attached hydrogens (tertiary/aromatic N) is 2. The molecule has 0 amide bonds. The van der Waals surface area contributed by atoms with Gasteiger partial charge in [-0.25, -0.2) is 4.98 Å². The molecule has 0 spiro atoms. The van der Waals surface area contributed by atoms with Gasteiger partial charge in [0.05, 0.1) is 13.4 Å². The van der Waals surface area contributed by atoms with Crippen LogP contribution in [0.4, 0.5) is 0 Å². The third-order valence-electron chi connectivity index (χ3n) is 3.95. The van der Waals surface area contributed by atoms with Crippen molar-refractivity contribution in [1.82, 2.24) is 9.38 Å². The highest BCUT2D eigenvalue weighted by Crippen LogP contribution is 2.33. The second-order valence-electron chi connectivity index (χ2n) is 5.36. The summed E-state index contributed by atoms with van der Waals surface area (Å²) in [5, 5.41) is 1.94. The molecule has 0 N–H and O–H groups in total. The SMILES string of the molecule is COc1ccc(-c2nc3scc(-c4ccco4)n3c2C=O)cc1C. The Bertz CT molecular complexity index is 1030. The third kappa shape index (κ3) is 2.15. The summed E-state index contributed by atoms with van der Waals surface area (Å²) in [4.78, 5) is 17.2. The quantitative estimate of drug-likeness (QED) is 0.516. The van der Waals surface area contributed by atoms with Gasteiger partial charge in [0.2, 0.25) is 0 Å². The molecule has 24 heavy (non-hydrogen) atoms. The summed E-state index contributed by atoms with van der Waals surface area (Å²) in [6.45, 7) is 1.97. The number of hydrogen-bond acceptors (Lipinski definition) is 5. The largest absolute Gasteiger partial charge is 0.496 e. The molecule has 1 aromatic carbocycles. The van der Waals surface area contributed by atoms with Crippen LogP contribution in [0.15, 0.2) is 46.4 Å². The van der Waals surface area contributed by atoms with Crippen molar-refractivity contribution in [1.29, 1.82) is 0 Å². The molecule has 4 rings (SSSR count). The fourth-order valence-corrected chi connectivity index (χ4v) is 3.71. The van der Waals surface area contributed by atoms with Gasteiger partial charge in [-0.15, -0.1) is 11.3 Å². The maximum Gasteiger partial charge on any atom is 0.195 e. The van der Waals surface area contributed by atoms with Crippen molar-refractivity contribution in [2.24, 2.45) is 0 Å². The van der Waals surface area contributed by atoms with Gasteiger partial charge in [-0.2, -0.15) is 0 Å². The summed E-state index contributed by atoms with van der Waals surface area (Å²) in [5.74, 6) is 1.52. The van der Waals surface area contributed by atoms with E-state index in [2.05, 4.69) is 4.98 Å². The normalized spacial score (nSPS) is 11.1. The average Bonchev–Trinajstić information content (AvgIpc) is 3.30. The van der Waals surface area contributed by atoms with Gasteiger partial charge in [0.1, 0.15) is 22.8 Å². The zero-order valence-electron chi connectivity index (χ0n) is 13.1. The minimum Gasteiger partial charge on any atom is -0.496 e. The van der Waals surface area contributed by atoms with Crippen LogP contribution in [0, 0.1) is 6.92 Å². The van der Waals surface area contributed by atoms with Crippen molar-refractivity contribution in [2.45, 2.75) is 6.92 Å². The molecule has 0 unspecified atom stereocenters. The minimum atomic E-state index is 0.516. The van der Waals surface area contributed by atoms with Gasteiger partial charge in [0.15, 0.2) is 17.0 Å². The van der Waals surface area contributed by atoms with Crippen molar-refractivity contribution >= 4 is 22.6 Å². The Morgan fingerprint density at radius 1 is 1.33 bits per heavy atom. The predicted molar refractivity (Wildman–Crippen MR) is 92.9 cm³/mol. The average molecular weight is 338 g/mol. The molecule has 3 heterocycles. The van der Waals surface area contributed by atoms with E-state index in [0.717, 1.165) is 33.8 Å². The zero-order valence-corrected chi connectivity index (χ0v) is 14.0. The first kappa shape index (κ1) is 14.7. The lowest BCUT2D eigenvalue weighted by Gasteiger charge is -2.06. The van der Waals surface area contributed by atoms with Gasteiger partial charge in [0, 0.05) is 10.9 Å². The first-order chi connectivity index (χ1) is 11.7. The Kier molecular flexibility index (Phi) is 3.46. The highest BCUT2D eigenvalue weighted by Gasteiger charge is 2.19. The highest BCUT2D eigenvalue weighted by atomic mass is 32.1. The summed E-state index contributed by atoms with van der Waals surface area (Å²) < 4.78 is 12.6. The van der Waals surface area contributed by atoms with E-state index >= 15 is 0 Å². The van der Waals surface area contributed by atoms with Crippen molar-refractivity contribution in [2.75, 3.05) is 7.11 Å². The molecule has 4 aromatic rings. The Labute approximate surface area is 142 Å². The molecule has 6 heteroatoms. The third-order valence-corrected chi connectivity index (χ3v) is 4.78. The lowest BCUT2D eigenvalue weighted by atomic mass is 10.1. The smallest absolute Gasteiger partial charge is 0.195 e. The van der Waals surface area contributed by atoms with E-state index in [4.69, 9.17) is 9.15 Å². The Morgan fingerprint density at radius 3 is 2.88 bits per heavy atom. The second-order valence-corrected chi connectivity index (χ2v) is 6.20. The van der Waals surface area contributed by atoms with Crippen LogP contribution in [0.3, 0.4) is 0 Å². The number of carbonyl (C=O) groups is 1. The van der Waals surface area contributed by atoms with Crippen LogP contribution in [0.5, 0.6) is 5.75 Å². The van der Waals surface area contributed by atoms with E-state index in [1.807, 2.05) is 47.0 Å². The van der Waals surface area contributed by atoms with E-state index < -0.39 is 0 Å². The van der Waals surface area contributed by atoms with Crippen LogP contribution in [-0.2, 0) is 0 Å². The lowest BCUT2D eigenvalue weighted by molar-refractivity contribution is 0.111. The van der Waals surface area contributed by atoms with Crippen LogP contribution in [0.1, 0.15) is 16.1 Å². The molecule has 3 aromatic heterocycles. The van der Waals surface area contributed by atoms with Gasteiger partial charge in [0.25, 0.3) is 0 Å². The van der Waals surface area contributed by atoms with E-state index in [-0.39, 0.29) is 0 Å². The van der Waals surface area contributed by atoms with Crippen LogP contribution in [0.25, 0.3) is 27.7 Å². The summed E-state index contributed by atoms with van der Waals surface area (Å²) in [5.41, 5.74) is 3.88. The monoisotopic (exact) mass is 338 g/mol. The molecule has 0 saturated carbocycles. The number of aldehydes is 1. The number of ether oxygens (including phenoxy) is 1. The summed E-state index contributed by atoms with van der Waals surface area (Å²) in [6.07, 6.45) is 2.46. The number of aryl methyl sites for hydroxylation is 1. The van der Waals surface area contributed by atoms with Gasteiger partial charge in [-0.3, -0.25) is 9.20 Å². The van der Waals surface area contributed by atoms with Gasteiger partial charge < -0.3 is 9.15 Å². The number of aromatic nitrogens is 2. The van der Waals surface area contributed by atoms with Crippen LogP contribution < -0.4 is 4.74 Å². The highest BCUT2D eigenvalue weighted by molar-refractivity contribution is 7.15. The number of furan rings is 1. The Morgan fingerprint density at radius 2 is 2.21 bits per heavy atom. The molecule has 0 aliphatic heterocycles. The van der Waals surface area contributed by atoms with Crippen LogP contribution in [0.2, 0.25) is 0 Å². The van der Waals surface area contributed by atoms with Crippen molar-refractivity contribution in [3.05, 3.63) is 53.2 Å². The fourth-order valence-electron chi connectivity index (χ4n) is 2.82. The summed E-state index contributed by atoms with van der Waals surface area (Å²) in [6, 6.07) is 9.47. The Hall–Kier alpha value is -2.86. The standard InChI is InChI=1S/C18H14N2O3S/c1-11-8-12(5-6-15(11)22-2)17-13(9-21)20-14(10-24-18(20)19-17)16-4-3-7-23-16/h3-10H,1-2H3. The summed E-state index contributed by atoms with van der Waals surface area (Å²) in [7, 11) is 1.64. The van der Waals surface area contributed by atoms with E-state index in [9.17, 15) is 4.79 Å². The Balaban J connectivity index is 1.94. The fraction of sp³-hybridized carbons (Fsp3) is 0.111. The number of fused-ring (bicyclic) bond motifs is 1. The zero-order chi connectivity index (χ0) is 16.7. The van der Waals surface area contributed by atoms with Gasteiger partial charge in [-0.05, 0) is 42.8 Å². The topological polar surface area (TPSA) is 56.7 Å². The molecular weight excluding hydrogens is 324 g/mol. The predicted octanol–water partition coefficient (Wildman–Crippen LogP) is 4.45. The minimum absolute atomic E-state index is 0.516. The number of benzene rings is 1. The second kappa shape index (κ2) is 5.65. The van der Waals surface area contributed by atoms with Gasteiger partial charge >= 0.3 is 0 Å². The number of thiazole rings is 1. The maximum atomic E-state index is 11.8. The molecule has 0 radical (unpaired) electrons. The van der Waals surface area contributed by atoms with Crippen LogP contribution >= 0.6 is 11.3 Å². The van der Waals surface area contributed by atoms with E-state index in [0.29, 0.717) is 17.1 Å². The molecule has 120 valence electrons. The van der Waals surface area contributed by atoms with Crippen LogP contribution in [-0.4, -0.2) is 22.8 Å². The van der Waals surface area contributed by atoms with Crippen molar-refractivity contribution in [3.63, 3.8) is 0 Å². The molecular formula is C18H14N2O3S. The molecule has 5 nitrogen and oxygen atoms in total. The van der Waals surface area contributed by atoms with E-state index in [1.165, 1.54) is 11.3 Å². The molecule has 0 aliphatic rings. The first-order valence-corrected chi connectivity index (χ1v) is 8.25. The maximum absolute atomic E-state index is 11.8. The molecule has 0 aliphatic carbocycles. The first-order valence-electron chi connectivity index (χ1n) is 7.37. The number of rotatable bonds is 4. The number of hydrogen-bond donors (Lipinski definition) is 0. The number of imidazole rings is 1. The van der Waals surface area contributed by atoms with Gasteiger partial charge in [-0.1, -0.05) is 0 Å². The van der Waals surface area contributed by atoms with E-state index in [1.54, 1.807) is 13.4 Å². The molecule has 0 fully saturated rings. The number of carbonyl (C=O) groups excluding carboxylic acids is 1. The van der Waals surface area contributed by atoms with Crippen molar-refractivity contribution < 1.29 is 13.9 Å². The number of methoxy groups -OCH3 is 1. The lowest BCUT2D eigenvalue weighted by Crippen LogP contribution is -1.94. The molecule has 0 saturated heterocycles. The van der Waals surface area contributed by atoms with Crippen molar-refractivity contribution in [3.8, 4) is 28.5 Å². The molecule has 0 atom stereocenters. The molecule has 0 bridgehead atoms.